The van der Waals surface area contributed by atoms with Crippen LogP contribution in [0.2, 0.25) is 0 Å². The molecule has 1 aromatic heterocycles. The van der Waals surface area contributed by atoms with Crippen LogP contribution in [0.5, 0.6) is 0 Å². The number of carbonyl (C=O) groups excluding carboxylic acids is 1. The Morgan fingerprint density at radius 2 is 1.72 bits per heavy atom. The molecule has 0 aliphatic rings. The van der Waals surface area contributed by atoms with E-state index >= 15 is 0 Å². The number of hydrogen-bond donors (Lipinski definition) is 1. The van der Waals surface area contributed by atoms with Crippen molar-refractivity contribution in [3.05, 3.63) is 59.9 Å². The maximum absolute atomic E-state index is 11.8. The molecule has 0 fully saturated rings. The monoisotopic (exact) mass is 240 g/mol. The van der Waals surface area contributed by atoms with Crippen LogP contribution in [0.3, 0.4) is 0 Å². The van der Waals surface area contributed by atoms with Gasteiger partial charge in [0.25, 0.3) is 0 Å². The summed E-state index contributed by atoms with van der Waals surface area (Å²) in [6, 6.07) is 11.6. The minimum atomic E-state index is -0.00884. The van der Waals surface area contributed by atoms with Crippen molar-refractivity contribution in [3.8, 4) is 0 Å². The van der Waals surface area contributed by atoms with Gasteiger partial charge in [-0.3, -0.25) is 9.78 Å². The third kappa shape index (κ3) is 3.42. The molecule has 18 heavy (non-hydrogen) atoms. The number of pyridine rings is 1. The lowest BCUT2D eigenvalue weighted by atomic mass is 10.1. The van der Waals surface area contributed by atoms with Crippen LogP contribution in [0.15, 0.2) is 48.8 Å². The Hall–Kier alpha value is -2.16. The zero-order chi connectivity index (χ0) is 12.8. The first-order valence-corrected chi connectivity index (χ1v) is 6.05. The molecule has 0 aliphatic carbocycles. The quantitative estimate of drug-likeness (QED) is 0.892. The average Bonchev–Trinajstić information content (AvgIpc) is 2.40. The van der Waals surface area contributed by atoms with Crippen molar-refractivity contribution < 1.29 is 4.79 Å². The van der Waals surface area contributed by atoms with Gasteiger partial charge in [0.1, 0.15) is 0 Å². The fourth-order valence-electron chi connectivity index (χ4n) is 1.71. The molecule has 2 aromatic rings. The molecule has 0 saturated carbocycles. The van der Waals surface area contributed by atoms with Gasteiger partial charge < -0.3 is 5.32 Å². The van der Waals surface area contributed by atoms with Gasteiger partial charge in [0.15, 0.2) is 0 Å². The standard InChI is InChI=1S/C15H16N2O/c1-2-12-3-5-14(6-4-12)17-15(18)11-13-7-9-16-10-8-13/h3-10H,2,11H2,1H3,(H,17,18). The van der Waals surface area contributed by atoms with Gasteiger partial charge in [0.05, 0.1) is 6.42 Å². The van der Waals surface area contributed by atoms with Crippen LogP contribution in [0.25, 0.3) is 0 Å². The predicted octanol–water partition coefficient (Wildman–Crippen LogP) is 2.83. The van der Waals surface area contributed by atoms with Crippen LogP contribution in [-0.2, 0) is 17.6 Å². The second-order valence-corrected chi connectivity index (χ2v) is 4.13. The lowest BCUT2D eigenvalue weighted by Gasteiger charge is -2.06. The summed E-state index contributed by atoms with van der Waals surface area (Å²) < 4.78 is 0. The van der Waals surface area contributed by atoms with Gasteiger partial charge in [0.2, 0.25) is 5.91 Å². The van der Waals surface area contributed by atoms with E-state index in [0.717, 1.165) is 17.7 Å². The van der Waals surface area contributed by atoms with E-state index in [9.17, 15) is 4.79 Å². The molecule has 1 aromatic carbocycles. The minimum Gasteiger partial charge on any atom is -0.326 e. The largest absolute Gasteiger partial charge is 0.326 e. The normalized spacial score (nSPS) is 10.1. The van der Waals surface area contributed by atoms with E-state index in [1.807, 2.05) is 36.4 Å². The Labute approximate surface area is 107 Å². The Balaban J connectivity index is 1.94. The highest BCUT2D eigenvalue weighted by Crippen LogP contribution is 2.10. The molecule has 3 heteroatoms. The molecule has 1 amide bonds. The Bertz CT molecular complexity index is 506. The summed E-state index contributed by atoms with van der Waals surface area (Å²) in [5.41, 5.74) is 3.07. The Morgan fingerprint density at radius 1 is 1.06 bits per heavy atom. The van der Waals surface area contributed by atoms with E-state index < -0.39 is 0 Å². The number of benzene rings is 1. The van der Waals surface area contributed by atoms with Gasteiger partial charge in [-0.1, -0.05) is 19.1 Å². The molecule has 1 N–H and O–H groups in total. The van der Waals surface area contributed by atoms with E-state index in [2.05, 4.69) is 17.2 Å². The minimum absolute atomic E-state index is 0.00884. The summed E-state index contributed by atoms with van der Waals surface area (Å²) in [7, 11) is 0. The topological polar surface area (TPSA) is 42.0 Å². The SMILES string of the molecule is CCc1ccc(NC(=O)Cc2ccncc2)cc1. The molecule has 0 aliphatic heterocycles. The van der Waals surface area contributed by atoms with Crippen LogP contribution < -0.4 is 5.32 Å². The highest BCUT2D eigenvalue weighted by atomic mass is 16.1. The van der Waals surface area contributed by atoms with Crippen LogP contribution in [-0.4, -0.2) is 10.9 Å². The second kappa shape index (κ2) is 5.96. The van der Waals surface area contributed by atoms with Crippen molar-refractivity contribution in [1.82, 2.24) is 4.98 Å². The number of nitrogens with one attached hydrogen (secondary N) is 1. The van der Waals surface area contributed by atoms with Gasteiger partial charge in [-0.15, -0.1) is 0 Å². The molecular weight excluding hydrogens is 224 g/mol. The highest BCUT2D eigenvalue weighted by Gasteiger charge is 2.03. The molecule has 0 saturated heterocycles. The number of rotatable bonds is 4. The number of aromatic nitrogens is 1. The van der Waals surface area contributed by atoms with Gasteiger partial charge in [-0.2, -0.15) is 0 Å². The molecule has 2 rings (SSSR count). The molecular formula is C15H16N2O. The fraction of sp³-hybridized carbons (Fsp3) is 0.200. The Kier molecular flexibility index (Phi) is 4.07. The summed E-state index contributed by atoms with van der Waals surface area (Å²) in [6.07, 6.45) is 4.76. The zero-order valence-corrected chi connectivity index (χ0v) is 10.4. The van der Waals surface area contributed by atoms with Crippen LogP contribution in [0.4, 0.5) is 5.69 Å². The first-order chi connectivity index (χ1) is 8.78. The first-order valence-electron chi connectivity index (χ1n) is 6.05. The average molecular weight is 240 g/mol. The first kappa shape index (κ1) is 12.3. The van der Waals surface area contributed by atoms with Crippen molar-refractivity contribution in [2.24, 2.45) is 0 Å². The Morgan fingerprint density at radius 3 is 2.33 bits per heavy atom. The molecule has 0 radical (unpaired) electrons. The second-order valence-electron chi connectivity index (χ2n) is 4.13. The van der Waals surface area contributed by atoms with Gasteiger partial charge in [0, 0.05) is 18.1 Å². The van der Waals surface area contributed by atoms with Crippen molar-refractivity contribution >= 4 is 11.6 Å². The number of aryl methyl sites for hydroxylation is 1. The summed E-state index contributed by atoms with van der Waals surface area (Å²) in [6.45, 7) is 2.11. The number of carbonyl (C=O) groups is 1. The number of amides is 1. The lowest BCUT2D eigenvalue weighted by Crippen LogP contribution is -2.14. The van der Waals surface area contributed by atoms with E-state index in [4.69, 9.17) is 0 Å². The summed E-state index contributed by atoms with van der Waals surface area (Å²) in [4.78, 5) is 15.7. The van der Waals surface area contributed by atoms with Crippen molar-refractivity contribution in [1.29, 1.82) is 0 Å². The summed E-state index contributed by atoms with van der Waals surface area (Å²) in [5.74, 6) is -0.00884. The van der Waals surface area contributed by atoms with E-state index in [0.29, 0.717) is 6.42 Å². The van der Waals surface area contributed by atoms with E-state index in [-0.39, 0.29) is 5.91 Å². The number of hydrogen-bond acceptors (Lipinski definition) is 2. The molecule has 1 heterocycles. The van der Waals surface area contributed by atoms with Gasteiger partial charge in [-0.05, 0) is 41.8 Å². The van der Waals surface area contributed by atoms with Crippen LogP contribution in [0, 0.1) is 0 Å². The third-order valence-electron chi connectivity index (χ3n) is 2.76. The molecule has 92 valence electrons. The van der Waals surface area contributed by atoms with Crippen molar-refractivity contribution in [3.63, 3.8) is 0 Å². The van der Waals surface area contributed by atoms with Crippen molar-refractivity contribution in [2.45, 2.75) is 19.8 Å². The molecule has 0 bridgehead atoms. The molecule has 0 atom stereocenters. The van der Waals surface area contributed by atoms with Crippen molar-refractivity contribution in [2.75, 3.05) is 5.32 Å². The zero-order valence-electron chi connectivity index (χ0n) is 10.4. The maximum Gasteiger partial charge on any atom is 0.228 e. The summed E-state index contributed by atoms with van der Waals surface area (Å²) in [5, 5.41) is 2.88. The smallest absolute Gasteiger partial charge is 0.228 e. The van der Waals surface area contributed by atoms with Gasteiger partial charge in [-0.25, -0.2) is 0 Å². The van der Waals surface area contributed by atoms with Gasteiger partial charge >= 0.3 is 0 Å². The fourth-order valence-corrected chi connectivity index (χ4v) is 1.71. The van der Waals surface area contributed by atoms with E-state index in [1.165, 1.54) is 5.56 Å². The van der Waals surface area contributed by atoms with Crippen LogP contribution in [0.1, 0.15) is 18.1 Å². The number of anilines is 1. The maximum atomic E-state index is 11.8. The predicted molar refractivity (Wildman–Crippen MR) is 72.4 cm³/mol. The third-order valence-corrected chi connectivity index (χ3v) is 2.76. The summed E-state index contributed by atoms with van der Waals surface area (Å²) >= 11 is 0. The molecule has 0 unspecified atom stereocenters. The van der Waals surface area contributed by atoms with Crippen LogP contribution >= 0.6 is 0 Å². The van der Waals surface area contributed by atoms with E-state index in [1.54, 1.807) is 12.4 Å². The molecule has 3 nitrogen and oxygen atoms in total. The lowest BCUT2D eigenvalue weighted by molar-refractivity contribution is -0.115. The number of nitrogens with zero attached hydrogens (tertiary/aromatic N) is 1. The highest BCUT2D eigenvalue weighted by molar-refractivity contribution is 5.92. The molecule has 0 spiro atoms.